The zero-order valence-electron chi connectivity index (χ0n) is 19.3. The Labute approximate surface area is 202 Å². The number of nitrogens with zero attached hydrogens (tertiary/aromatic N) is 4. The second-order valence-corrected chi connectivity index (χ2v) is 10.3. The number of hydrogen-bond acceptors (Lipinski definition) is 8. The predicted molar refractivity (Wildman–Crippen MR) is 133 cm³/mol. The molecule has 33 heavy (non-hydrogen) atoms. The smallest absolute Gasteiger partial charge is 0.236 e. The van der Waals surface area contributed by atoms with Crippen LogP contribution in [0.15, 0.2) is 29.4 Å². The number of aromatic nitrogens is 4. The third-order valence-corrected chi connectivity index (χ3v) is 7.73. The largest absolute Gasteiger partial charge is 0.497 e. The SMILES string of the molecule is COc1cccc(NCc2nnc(SCC(=O)Nc3nc(C)c(C)s3)n2C2CCCCC2)c1. The molecule has 0 bridgehead atoms. The minimum Gasteiger partial charge on any atom is -0.497 e. The number of carbonyl (C=O) groups is 1. The Bertz CT molecular complexity index is 1070. The molecule has 8 nitrogen and oxygen atoms in total. The maximum absolute atomic E-state index is 12.5. The van der Waals surface area contributed by atoms with Crippen LogP contribution >= 0.6 is 23.1 Å². The molecule has 0 saturated heterocycles. The Kier molecular flexibility index (Phi) is 7.87. The number of thioether (sulfide) groups is 1. The summed E-state index contributed by atoms with van der Waals surface area (Å²) >= 11 is 2.93. The average Bonchev–Trinajstić information content (AvgIpc) is 3.38. The van der Waals surface area contributed by atoms with Crippen molar-refractivity contribution in [2.75, 3.05) is 23.5 Å². The van der Waals surface area contributed by atoms with Gasteiger partial charge in [-0.15, -0.1) is 21.5 Å². The van der Waals surface area contributed by atoms with Crippen LogP contribution in [-0.2, 0) is 11.3 Å². The summed E-state index contributed by atoms with van der Waals surface area (Å²) in [4.78, 5) is 18.0. The average molecular weight is 487 g/mol. The van der Waals surface area contributed by atoms with E-state index >= 15 is 0 Å². The van der Waals surface area contributed by atoms with Gasteiger partial charge >= 0.3 is 0 Å². The highest BCUT2D eigenvalue weighted by atomic mass is 32.2. The second-order valence-electron chi connectivity index (χ2n) is 8.14. The number of rotatable bonds is 9. The summed E-state index contributed by atoms with van der Waals surface area (Å²) in [5.41, 5.74) is 1.92. The maximum Gasteiger partial charge on any atom is 0.236 e. The van der Waals surface area contributed by atoms with E-state index in [9.17, 15) is 4.79 Å². The lowest BCUT2D eigenvalue weighted by molar-refractivity contribution is -0.113. The fourth-order valence-corrected chi connectivity index (χ4v) is 5.61. The van der Waals surface area contributed by atoms with E-state index in [1.54, 1.807) is 7.11 Å². The van der Waals surface area contributed by atoms with Gasteiger partial charge in [0.15, 0.2) is 16.1 Å². The Morgan fingerprint density at radius 1 is 1.24 bits per heavy atom. The molecule has 4 rings (SSSR count). The zero-order valence-corrected chi connectivity index (χ0v) is 20.9. The van der Waals surface area contributed by atoms with Crippen LogP contribution in [-0.4, -0.2) is 38.5 Å². The van der Waals surface area contributed by atoms with Crippen LogP contribution < -0.4 is 15.4 Å². The van der Waals surface area contributed by atoms with E-state index in [1.807, 2.05) is 38.1 Å². The van der Waals surface area contributed by atoms with Crippen molar-refractivity contribution in [3.05, 3.63) is 40.7 Å². The lowest BCUT2D eigenvalue weighted by Crippen LogP contribution is -2.19. The van der Waals surface area contributed by atoms with Crippen LogP contribution in [0, 0.1) is 13.8 Å². The predicted octanol–water partition coefficient (Wildman–Crippen LogP) is 5.21. The van der Waals surface area contributed by atoms with E-state index < -0.39 is 0 Å². The van der Waals surface area contributed by atoms with Crippen LogP contribution in [0.5, 0.6) is 5.75 Å². The number of aryl methyl sites for hydroxylation is 2. The normalized spacial score (nSPS) is 14.3. The minimum atomic E-state index is -0.0806. The van der Waals surface area contributed by atoms with Crippen molar-refractivity contribution in [1.82, 2.24) is 19.7 Å². The van der Waals surface area contributed by atoms with Gasteiger partial charge in [-0.05, 0) is 38.8 Å². The summed E-state index contributed by atoms with van der Waals surface area (Å²) < 4.78 is 7.55. The molecule has 2 N–H and O–H groups in total. The third-order valence-electron chi connectivity index (χ3n) is 5.80. The lowest BCUT2D eigenvalue weighted by Gasteiger charge is -2.25. The minimum absolute atomic E-state index is 0.0806. The van der Waals surface area contributed by atoms with Crippen LogP contribution in [0.3, 0.4) is 0 Å². The Hall–Kier alpha value is -2.59. The second kappa shape index (κ2) is 11.0. The molecule has 2 heterocycles. The number of thiazole rings is 1. The molecule has 1 fully saturated rings. The molecule has 1 aromatic carbocycles. The molecule has 1 amide bonds. The Morgan fingerprint density at radius 3 is 2.79 bits per heavy atom. The molecule has 10 heteroatoms. The summed E-state index contributed by atoms with van der Waals surface area (Å²) in [6.07, 6.45) is 5.91. The van der Waals surface area contributed by atoms with E-state index in [-0.39, 0.29) is 11.7 Å². The van der Waals surface area contributed by atoms with Crippen molar-refractivity contribution in [1.29, 1.82) is 0 Å². The molecule has 0 radical (unpaired) electrons. The van der Waals surface area contributed by atoms with Gasteiger partial charge in [0.1, 0.15) is 5.75 Å². The van der Waals surface area contributed by atoms with Crippen LogP contribution in [0.4, 0.5) is 10.8 Å². The van der Waals surface area contributed by atoms with Crippen molar-refractivity contribution in [2.24, 2.45) is 0 Å². The topological polar surface area (TPSA) is 94.0 Å². The summed E-state index contributed by atoms with van der Waals surface area (Å²) in [7, 11) is 1.66. The Morgan fingerprint density at radius 2 is 2.06 bits per heavy atom. The summed E-state index contributed by atoms with van der Waals surface area (Å²) in [5, 5.41) is 16.7. The standard InChI is InChI=1S/C23H30N6O2S2/c1-15-16(2)33-22(25-15)26-21(30)14-32-23-28-27-20(29(23)18-9-5-4-6-10-18)13-24-17-8-7-11-19(12-17)31-3/h7-8,11-12,18,24H,4-6,9-10,13-14H2,1-3H3,(H,25,26,30). The molecule has 0 atom stereocenters. The van der Waals surface area contributed by atoms with Crippen molar-refractivity contribution >= 4 is 39.8 Å². The summed E-state index contributed by atoms with van der Waals surface area (Å²) in [6.45, 7) is 4.51. The molecule has 0 spiro atoms. The van der Waals surface area contributed by atoms with Crippen molar-refractivity contribution in [3.63, 3.8) is 0 Å². The third kappa shape index (κ3) is 6.05. The first-order valence-electron chi connectivity index (χ1n) is 11.2. The number of ether oxygens (including phenoxy) is 1. The molecular weight excluding hydrogens is 456 g/mol. The number of benzene rings is 1. The lowest BCUT2D eigenvalue weighted by atomic mass is 9.95. The number of amides is 1. The molecule has 1 saturated carbocycles. The molecule has 0 aliphatic heterocycles. The quantitative estimate of drug-likeness (QED) is 0.401. The number of nitrogens with one attached hydrogen (secondary N) is 2. The van der Waals surface area contributed by atoms with Crippen LogP contribution in [0.25, 0.3) is 0 Å². The summed E-state index contributed by atoms with van der Waals surface area (Å²) in [5.74, 6) is 1.88. The molecule has 3 aromatic rings. The van der Waals surface area contributed by atoms with Gasteiger partial charge in [-0.25, -0.2) is 4.98 Å². The van der Waals surface area contributed by atoms with Crippen molar-refractivity contribution in [2.45, 2.75) is 63.7 Å². The maximum atomic E-state index is 12.5. The highest BCUT2D eigenvalue weighted by Gasteiger charge is 2.23. The van der Waals surface area contributed by atoms with Gasteiger partial charge in [0.25, 0.3) is 0 Å². The monoisotopic (exact) mass is 486 g/mol. The van der Waals surface area contributed by atoms with Crippen molar-refractivity contribution in [3.8, 4) is 5.75 Å². The first kappa shape index (κ1) is 23.6. The number of hydrogen-bond donors (Lipinski definition) is 2. The Balaban J connectivity index is 1.45. The highest BCUT2D eigenvalue weighted by molar-refractivity contribution is 7.99. The molecule has 0 unspecified atom stereocenters. The molecule has 1 aliphatic rings. The molecule has 1 aliphatic carbocycles. The van der Waals surface area contributed by atoms with Gasteiger partial charge in [-0.2, -0.15) is 0 Å². The van der Waals surface area contributed by atoms with Crippen molar-refractivity contribution < 1.29 is 9.53 Å². The highest BCUT2D eigenvalue weighted by Crippen LogP contribution is 2.33. The first-order valence-corrected chi connectivity index (χ1v) is 13.0. The van der Waals surface area contributed by atoms with E-state index in [4.69, 9.17) is 4.74 Å². The fraction of sp³-hybridized carbons (Fsp3) is 0.478. The fourth-order valence-electron chi connectivity index (χ4n) is 3.96. The van der Waals surface area contributed by atoms with E-state index in [0.717, 1.165) is 45.8 Å². The van der Waals surface area contributed by atoms with Gasteiger partial charge in [-0.3, -0.25) is 4.79 Å². The number of anilines is 2. The van der Waals surface area contributed by atoms with E-state index in [0.29, 0.717) is 17.7 Å². The van der Waals surface area contributed by atoms with E-state index in [1.165, 1.54) is 42.4 Å². The molecule has 176 valence electrons. The van der Waals surface area contributed by atoms with Crippen LogP contribution in [0.2, 0.25) is 0 Å². The summed E-state index contributed by atoms with van der Waals surface area (Å²) in [6, 6.07) is 8.21. The van der Waals surface area contributed by atoms with Gasteiger partial charge in [0.05, 0.1) is 25.1 Å². The van der Waals surface area contributed by atoms with Crippen LogP contribution in [0.1, 0.15) is 54.5 Å². The number of carbonyl (C=O) groups excluding carboxylic acids is 1. The van der Waals surface area contributed by atoms with Gasteiger partial charge in [0.2, 0.25) is 5.91 Å². The zero-order chi connectivity index (χ0) is 23.2. The molecular formula is C23H30N6O2S2. The van der Waals surface area contributed by atoms with Gasteiger partial charge < -0.3 is 19.9 Å². The van der Waals surface area contributed by atoms with Gasteiger partial charge in [-0.1, -0.05) is 37.1 Å². The first-order chi connectivity index (χ1) is 16.0. The van der Waals surface area contributed by atoms with E-state index in [2.05, 4.69) is 30.4 Å². The van der Waals surface area contributed by atoms with Gasteiger partial charge in [0, 0.05) is 22.7 Å². The molecule has 2 aromatic heterocycles. The number of methoxy groups -OCH3 is 1.